The van der Waals surface area contributed by atoms with Crippen LogP contribution >= 0.6 is 11.3 Å². The van der Waals surface area contributed by atoms with Crippen LogP contribution in [-0.4, -0.2) is 27.1 Å². The third-order valence-electron chi connectivity index (χ3n) is 2.91. The zero-order valence-electron chi connectivity index (χ0n) is 11.1. The van der Waals surface area contributed by atoms with E-state index in [4.69, 9.17) is 10.5 Å². The largest absolute Gasteiger partial charge is 0.496 e. The maximum atomic E-state index is 5.62. The van der Waals surface area contributed by atoms with E-state index in [1.54, 1.807) is 11.8 Å². The van der Waals surface area contributed by atoms with Gasteiger partial charge in [0.25, 0.3) is 0 Å². The molecule has 0 unspecified atom stereocenters. The lowest BCUT2D eigenvalue weighted by Crippen LogP contribution is -1.89. The van der Waals surface area contributed by atoms with Crippen molar-refractivity contribution in [3.05, 3.63) is 30.6 Å². The molecule has 0 radical (unpaired) electrons. The Morgan fingerprint density at radius 3 is 2.70 bits per heavy atom. The number of anilines is 1. The highest BCUT2D eigenvalue weighted by Crippen LogP contribution is 2.35. The summed E-state index contributed by atoms with van der Waals surface area (Å²) in [6.07, 6.45) is 3.77. The minimum atomic E-state index is 0.443. The molecule has 0 spiro atoms. The van der Waals surface area contributed by atoms with Gasteiger partial charge in [0.1, 0.15) is 5.75 Å². The van der Waals surface area contributed by atoms with Gasteiger partial charge in [0.2, 0.25) is 5.13 Å². The highest BCUT2D eigenvalue weighted by atomic mass is 32.1. The molecule has 0 amide bonds. The molecule has 0 fully saturated rings. The number of benzene rings is 1. The van der Waals surface area contributed by atoms with Crippen molar-refractivity contribution in [2.45, 2.75) is 0 Å². The summed E-state index contributed by atoms with van der Waals surface area (Å²) in [4.78, 5) is 0. The van der Waals surface area contributed by atoms with Crippen molar-refractivity contribution in [3.8, 4) is 27.4 Å². The highest BCUT2D eigenvalue weighted by Gasteiger charge is 2.12. The number of hydrogen-bond acceptors (Lipinski definition) is 6. The first-order valence-corrected chi connectivity index (χ1v) is 6.75. The smallest absolute Gasteiger partial charge is 0.203 e. The fourth-order valence-electron chi connectivity index (χ4n) is 1.96. The minimum Gasteiger partial charge on any atom is -0.496 e. The van der Waals surface area contributed by atoms with Crippen molar-refractivity contribution < 1.29 is 4.74 Å². The van der Waals surface area contributed by atoms with E-state index >= 15 is 0 Å². The molecule has 2 aromatic heterocycles. The number of nitrogens with zero attached hydrogens (tertiary/aromatic N) is 4. The lowest BCUT2D eigenvalue weighted by molar-refractivity contribution is 0.416. The first kappa shape index (κ1) is 12.6. The summed E-state index contributed by atoms with van der Waals surface area (Å²) in [7, 11) is 3.52. The van der Waals surface area contributed by atoms with Crippen LogP contribution < -0.4 is 10.5 Å². The normalized spacial score (nSPS) is 10.7. The van der Waals surface area contributed by atoms with Gasteiger partial charge >= 0.3 is 0 Å². The Bertz CT molecular complexity index is 749. The van der Waals surface area contributed by atoms with Gasteiger partial charge < -0.3 is 10.5 Å². The number of hydrogen-bond donors (Lipinski definition) is 1. The lowest BCUT2D eigenvalue weighted by Gasteiger charge is -2.07. The van der Waals surface area contributed by atoms with Crippen molar-refractivity contribution in [1.82, 2.24) is 20.0 Å². The highest BCUT2D eigenvalue weighted by molar-refractivity contribution is 7.18. The van der Waals surface area contributed by atoms with Gasteiger partial charge in [-0.3, -0.25) is 4.68 Å². The Morgan fingerprint density at radius 1 is 1.25 bits per heavy atom. The van der Waals surface area contributed by atoms with E-state index in [2.05, 4.69) is 15.3 Å². The fraction of sp³-hybridized carbons (Fsp3) is 0.154. The molecule has 0 aliphatic rings. The predicted octanol–water partition coefficient (Wildman–Crippen LogP) is 2.20. The molecule has 2 heterocycles. The van der Waals surface area contributed by atoms with Gasteiger partial charge in [0.15, 0.2) is 5.01 Å². The SMILES string of the molecule is COc1cc(-c2cnn(C)c2)ccc1-c1nnc(N)s1. The number of rotatable bonds is 3. The predicted molar refractivity (Wildman–Crippen MR) is 78.5 cm³/mol. The Hall–Kier alpha value is -2.41. The molecule has 7 heteroatoms. The molecule has 3 aromatic rings. The van der Waals surface area contributed by atoms with Crippen molar-refractivity contribution >= 4 is 16.5 Å². The number of ether oxygens (including phenoxy) is 1. The third-order valence-corrected chi connectivity index (χ3v) is 3.70. The van der Waals surface area contributed by atoms with Crippen molar-refractivity contribution in [2.24, 2.45) is 7.05 Å². The van der Waals surface area contributed by atoms with E-state index in [1.165, 1.54) is 11.3 Å². The number of aryl methyl sites for hydroxylation is 1. The summed E-state index contributed by atoms with van der Waals surface area (Å²) in [6.45, 7) is 0. The van der Waals surface area contributed by atoms with Crippen molar-refractivity contribution in [2.75, 3.05) is 12.8 Å². The maximum absolute atomic E-state index is 5.62. The lowest BCUT2D eigenvalue weighted by atomic mass is 10.1. The van der Waals surface area contributed by atoms with Crippen LogP contribution in [0.3, 0.4) is 0 Å². The van der Waals surface area contributed by atoms with E-state index in [0.29, 0.717) is 5.13 Å². The molecule has 3 rings (SSSR count). The molecule has 0 bridgehead atoms. The first-order chi connectivity index (χ1) is 9.67. The van der Waals surface area contributed by atoms with Crippen LogP contribution in [0, 0.1) is 0 Å². The summed E-state index contributed by atoms with van der Waals surface area (Å²) in [5, 5.41) is 13.2. The van der Waals surface area contributed by atoms with E-state index in [1.807, 2.05) is 37.6 Å². The van der Waals surface area contributed by atoms with Crippen LogP contribution in [0.1, 0.15) is 0 Å². The number of nitrogens with two attached hydrogens (primary N) is 1. The topological polar surface area (TPSA) is 78.8 Å². The number of aromatic nitrogens is 4. The summed E-state index contributed by atoms with van der Waals surface area (Å²) < 4.78 is 7.21. The zero-order chi connectivity index (χ0) is 14.1. The maximum Gasteiger partial charge on any atom is 0.203 e. The zero-order valence-corrected chi connectivity index (χ0v) is 11.9. The first-order valence-electron chi connectivity index (χ1n) is 5.94. The van der Waals surface area contributed by atoms with E-state index < -0.39 is 0 Å². The third kappa shape index (κ3) is 2.23. The average Bonchev–Trinajstić information content (AvgIpc) is 3.07. The Kier molecular flexibility index (Phi) is 3.11. The van der Waals surface area contributed by atoms with Crippen LogP contribution in [-0.2, 0) is 7.05 Å². The van der Waals surface area contributed by atoms with Crippen LogP contribution in [0.4, 0.5) is 5.13 Å². The van der Waals surface area contributed by atoms with Crippen molar-refractivity contribution in [3.63, 3.8) is 0 Å². The molecule has 20 heavy (non-hydrogen) atoms. The van der Waals surface area contributed by atoms with Gasteiger partial charge in [-0.05, 0) is 17.7 Å². The van der Waals surface area contributed by atoms with Gasteiger partial charge in [-0.25, -0.2) is 0 Å². The molecule has 0 saturated heterocycles. The molecular weight excluding hydrogens is 274 g/mol. The molecule has 0 aliphatic heterocycles. The summed E-state index contributed by atoms with van der Waals surface area (Å²) in [5.41, 5.74) is 8.58. The standard InChI is InChI=1S/C13H13N5OS/c1-18-7-9(6-15-18)8-3-4-10(11(5-8)19-2)12-16-17-13(14)20-12/h3-7H,1-2H3,(H2,14,17). The molecule has 2 N–H and O–H groups in total. The van der Waals surface area contributed by atoms with Gasteiger partial charge in [0.05, 0.1) is 18.9 Å². The van der Waals surface area contributed by atoms with E-state index in [0.717, 1.165) is 27.4 Å². The summed E-state index contributed by atoms with van der Waals surface area (Å²) in [6, 6.07) is 5.93. The minimum absolute atomic E-state index is 0.443. The number of methoxy groups -OCH3 is 1. The van der Waals surface area contributed by atoms with E-state index in [-0.39, 0.29) is 0 Å². The van der Waals surface area contributed by atoms with E-state index in [9.17, 15) is 0 Å². The second-order valence-corrected chi connectivity index (χ2v) is 5.27. The van der Waals surface area contributed by atoms with Crippen LogP contribution in [0.2, 0.25) is 0 Å². The molecule has 0 aliphatic carbocycles. The van der Waals surface area contributed by atoms with Gasteiger partial charge in [0, 0.05) is 18.8 Å². The summed E-state index contributed by atoms with van der Waals surface area (Å²) in [5.74, 6) is 0.738. The Morgan fingerprint density at radius 2 is 2.10 bits per heavy atom. The van der Waals surface area contributed by atoms with Gasteiger partial charge in [-0.2, -0.15) is 5.10 Å². The van der Waals surface area contributed by atoms with Gasteiger partial charge in [-0.1, -0.05) is 17.4 Å². The molecule has 6 nitrogen and oxygen atoms in total. The van der Waals surface area contributed by atoms with Crippen LogP contribution in [0.5, 0.6) is 5.75 Å². The molecular formula is C13H13N5OS. The molecule has 0 atom stereocenters. The Labute approximate surface area is 119 Å². The molecule has 1 aromatic carbocycles. The van der Waals surface area contributed by atoms with Crippen LogP contribution in [0.25, 0.3) is 21.7 Å². The monoisotopic (exact) mass is 287 g/mol. The summed E-state index contributed by atoms with van der Waals surface area (Å²) >= 11 is 1.34. The quantitative estimate of drug-likeness (QED) is 0.799. The van der Waals surface area contributed by atoms with Crippen LogP contribution in [0.15, 0.2) is 30.6 Å². The second-order valence-electron chi connectivity index (χ2n) is 4.26. The fourth-order valence-corrected chi connectivity index (χ4v) is 2.60. The number of nitrogen functional groups attached to an aromatic ring is 1. The van der Waals surface area contributed by atoms with Crippen molar-refractivity contribution in [1.29, 1.82) is 0 Å². The van der Waals surface area contributed by atoms with Gasteiger partial charge in [-0.15, -0.1) is 10.2 Å². The Balaban J connectivity index is 2.06. The second kappa shape index (κ2) is 4.93. The average molecular weight is 287 g/mol. The molecule has 0 saturated carbocycles. The molecule has 102 valence electrons.